The summed E-state index contributed by atoms with van der Waals surface area (Å²) in [6.07, 6.45) is 0. The molecule has 0 amide bonds. The second-order valence-corrected chi connectivity index (χ2v) is 7.07. The fourth-order valence-electron chi connectivity index (χ4n) is 2.84. The molecule has 25 heavy (non-hydrogen) atoms. The molecule has 0 spiro atoms. The molecule has 3 rings (SSSR count). The molecule has 6 heteroatoms. The molecule has 3 nitrogen and oxygen atoms in total. The van der Waals surface area contributed by atoms with Crippen LogP contribution in [0.15, 0.2) is 42.5 Å². The summed E-state index contributed by atoms with van der Waals surface area (Å²) in [4.78, 5) is 0. The molecule has 0 bridgehead atoms. The van der Waals surface area contributed by atoms with Gasteiger partial charge in [0, 0.05) is 22.3 Å². The number of halogens is 3. The zero-order valence-corrected chi connectivity index (χ0v) is 16.0. The first kappa shape index (κ1) is 20.2. The fourth-order valence-corrected chi connectivity index (χ4v) is 3.34. The Morgan fingerprint density at radius 1 is 0.920 bits per heavy atom. The summed E-state index contributed by atoms with van der Waals surface area (Å²) in [5.41, 5.74) is 0.314. The zero-order valence-electron chi connectivity index (χ0n) is 13.7. The van der Waals surface area contributed by atoms with Gasteiger partial charge in [-0.1, -0.05) is 53.5 Å². The number of hydrogen-bond acceptors (Lipinski definition) is 3. The molecule has 0 atom stereocenters. The third kappa shape index (κ3) is 3.87. The molecule has 3 N–H and O–H groups in total. The molecule has 3 aromatic rings. The maximum atomic E-state index is 9.51. The van der Waals surface area contributed by atoms with Crippen LogP contribution in [0.1, 0.15) is 12.5 Å². The Kier molecular flexibility index (Phi) is 6.55. The Hall–Kier alpha value is -1.07. The Morgan fingerprint density at radius 3 is 2.16 bits per heavy atom. The summed E-state index contributed by atoms with van der Waals surface area (Å²) in [7, 11) is 0. The van der Waals surface area contributed by atoms with Crippen molar-refractivity contribution in [2.24, 2.45) is 0 Å². The first-order valence-corrected chi connectivity index (χ1v) is 8.50. The topological polar surface area (TPSA) is 52.5 Å². The number of aliphatic hydroxyl groups is 2. The van der Waals surface area contributed by atoms with Crippen molar-refractivity contribution in [1.82, 2.24) is 5.32 Å². The highest BCUT2D eigenvalue weighted by Crippen LogP contribution is 2.37. The Bertz CT molecular complexity index is 895. The monoisotopic (exact) mass is 399 g/mol. The van der Waals surface area contributed by atoms with Crippen LogP contribution in [0.3, 0.4) is 0 Å². The van der Waals surface area contributed by atoms with Crippen LogP contribution < -0.4 is 5.32 Å². The largest absolute Gasteiger partial charge is 0.394 e. The molecule has 0 aliphatic heterocycles. The summed E-state index contributed by atoms with van der Waals surface area (Å²) in [6, 6.07) is 13.6. The van der Waals surface area contributed by atoms with Crippen LogP contribution in [0.5, 0.6) is 0 Å². The first-order chi connectivity index (χ1) is 11.5. The van der Waals surface area contributed by atoms with Gasteiger partial charge in [-0.05, 0) is 35.4 Å². The quantitative estimate of drug-likeness (QED) is 0.551. The molecule has 0 aliphatic carbocycles. The molecule has 0 unspecified atom stereocenters. The molecule has 0 saturated heterocycles. The van der Waals surface area contributed by atoms with Crippen molar-refractivity contribution in [3.8, 4) is 0 Å². The van der Waals surface area contributed by atoms with Gasteiger partial charge < -0.3 is 15.5 Å². The molecule has 3 aromatic carbocycles. The predicted molar refractivity (Wildman–Crippen MR) is 108 cm³/mol. The van der Waals surface area contributed by atoms with Gasteiger partial charge in [-0.3, -0.25) is 0 Å². The second kappa shape index (κ2) is 8.09. The number of rotatable bonds is 5. The van der Waals surface area contributed by atoms with Crippen molar-refractivity contribution in [3.05, 3.63) is 58.1 Å². The number of nitrogens with one attached hydrogen (secondary N) is 1. The van der Waals surface area contributed by atoms with E-state index < -0.39 is 5.54 Å². The van der Waals surface area contributed by atoms with Crippen molar-refractivity contribution < 1.29 is 10.2 Å². The summed E-state index contributed by atoms with van der Waals surface area (Å²) >= 11 is 12.8. The second-order valence-electron chi connectivity index (χ2n) is 6.26. The van der Waals surface area contributed by atoms with E-state index in [2.05, 4.69) is 5.32 Å². The van der Waals surface area contributed by atoms with Crippen molar-refractivity contribution >= 4 is 57.2 Å². The molecule has 0 fully saturated rings. The minimum absolute atomic E-state index is 0. The third-order valence-corrected chi connectivity index (χ3v) is 5.06. The molecule has 0 saturated carbocycles. The highest BCUT2D eigenvalue weighted by Gasteiger charge is 2.22. The minimum atomic E-state index is -0.751. The number of hydrogen-bond donors (Lipinski definition) is 3. The maximum absolute atomic E-state index is 9.51. The van der Waals surface area contributed by atoms with Gasteiger partial charge in [0.2, 0.25) is 0 Å². The van der Waals surface area contributed by atoms with E-state index in [4.69, 9.17) is 23.2 Å². The van der Waals surface area contributed by atoms with E-state index in [1.807, 2.05) is 42.5 Å². The average Bonchev–Trinajstić information content (AvgIpc) is 2.61. The molecule has 0 aliphatic rings. The summed E-state index contributed by atoms with van der Waals surface area (Å²) in [6.45, 7) is 1.97. The van der Waals surface area contributed by atoms with Gasteiger partial charge in [0.15, 0.2) is 0 Å². The van der Waals surface area contributed by atoms with E-state index in [0.717, 1.165) is 27.1 Å². The summed E-state index contributed by atoms with van der Waals surface area (Å²) < 4.78 is 0. The van der Waals surface area contributed by atoms with Crippen LogP contribution in [0, 0.1) is 0 Å². The SMILES string of the molecule is CC(CO)(CO)NCc1c2ccccc2c(Cl)c2cc(Cl)ccc12.Cl. The molecular weight excluding hydrogens is 381 g/mol. The Balaban J connectivity index is 0.00000225. The van der Waals surface area contributed by atoms with Gasteiger partial charge in [0.1, 0.15) is 0 Å². The molecule has 0 heterocycles. The van der Waals surface area contributed by atoms with E-state index in [1.54, 1.807) is 6.92 Å². The molecule has 0 aromatic heterocycles. The van der Waals surface area contributed by atoms with Gasteiger partial charge >= 0.3 is 0 Å². The van der Waals surface area contributed by atoms with Crippen LogP contribution in [0.25, 0.3) is 21.5 Å². The standard InChI is InChI=1S/C19H19Cl2NO2.ClH/c1-19(10-23,11-24)22-9-17-13-4-2-3-5-15(13)18(21)16-8-12(20)6-7-14(16)17;/h2-8,22-24H,9-11H2,1H3;1H. The number of aliphatic hydroxyl groups excluding tert-OH is 2. The zero-order chi connectivity index (χ0) is 17.3. The molecular formula is C19H20Cl3NO2. The maximum Gasteiger partial charge on any atom is 0.0633 e. The fraction of sp³-hybridized carbons (Fsp3) is 0.263. The Labute approximate surface area is 163 Å². The third-order valence-electron chi connectivity index (χ3n) is 4.42. The van der Waals surface area contributed by atoms with E-state index in [9.17, 15) is 10.2 Å². The predicted octanol–water partition coefficient (Wildman–Crippen LogP) is 4.55. The lowest BCUT2D eigenvalue weighted by molar-refractivity contribution is 0.103. The number of fused-ring (bicyclic) bond motifs is 2. The highest BCUT2D eigenvalue weighted by molar-refractivity contribution is 6.42. The van der Waals surface area contributed by atoms with Crippen LogP contribution in [-0.4, -0.2) is 29.0 Å². The van der Waals surface area contributed by atoms with E-state index >= 15 is 0 Å². The number of benzene rings is 3. The van der Waals surface area contributed by atoms with Crippen LogP contribution >= 0.6 is 35.6 Å². The summed E-state index contributed by atoms with van der Waals surface area (Å²) in [5.74, 6) is 0. The van der Waals surface area contributed by atoms with Crippen molar-refractivity contribution in [1.29, 1.82) is 0 Å². The van der Waals surface area contributed by atoms with Gasteiger partial charge in [-0.15, -0.1) is 12.4 Å². The van der Waals surface area contributed by atoms with Crippen molar-refractivity contribution in [2.75, 3.05) is 13.2 Å². The van der Waals surface area contributed by atoms with Gasteiger partial charge in [0.25, 0.3) is 0 Å². The first-order valence-electron chi connectivity index (χ1n) is 7.74. The van der Waals surface area contributed by atoms with E-state index in [-0.39, 0.29) is 25.6 Å². The smallest absolute Gasteiger partial charge is 0.0633 e. The average molecular weight is 401 g/mol. The van der Waals surface area contributed by atoms with Crippen LogP contribution in [0.4, 0.5) is 0 Å². The van der Waals surface area contributed by atoms with Gasteiger partial charge in [-0.25, -0.2) is 0 Å². The molecule has 0 radical (unpaired) electrons. The van der Waals surface area contributed by atoms with E-state index in [0.29, 0.717) is 16.6 Å². The normalized spacial score (nSPS) is 11.7. The van der Waals surface area contributed by atoms with Gasteiger partial charge in [0.05, 0.1) is 23.8 Å². The lowest BCUT2D eigenvalue weighted by Crippen LogP contribution is -2.48. The van der Waals surface area contributed by atoms with Crippen LogP contribution in [-0.2, 0) is 6.54 Å². The van der Waals surface area contributed by atoms with Crippen molar-refractivity contribution in [2.45, 2.75) is 19.0 Å². The van der Waals surface area contributed by atoms with Crippen molar-refractivity contribution in [3.63, 3.8) is 0 Å². The Morgan fingerprint density at radius 2 is 1.52 bits per heavy atom. The summed E-state index contributed by atoms with van der Waals surface area (Å²) in [5, 5.41) is 27.5. The minimum Gasteiger partial charge on any atom is -0.394 e. The molecule has 134 valence electrons. The lowest BCUT2D eigenvalue weighted by atomic mass is 9.95. The van der Waals surface area contributed by atoms with Gasteiger partial charge in [-0.2, -0.15) is 0 Å². The lowest BCUT2D eigenvalue weighted by Gasteiger charge is -2.27. The van der Waals surface area contributed by atoms with Crippen LogP contribution in [0.2, 0.25) is 10.0 Å². The van der Waals surface area contributed by atoms with E-state index in [1.165, 1.54) is 0 Å². The highest BCUT2D eigenvalue weighted by atomic mass is 35.5.